The number of carbonyl (C=O) groups is 1. The van der Waals surface area contributed by atoms with Crippen LogP contribution in [-0.4, -0.2) is 36.0 Å². The molecule has 0 saturated carbocycles. The summed E-state index contributed by atoms with van der Waals surface area (Å²) < 4.78 is 0. The van der Waals surface area contributed by atoms with E-state index in [2.05, 4.69) is 24.1 Å². The van der Waals surface area contributed by atoms with Gasteiger partial charge in [0.15, 0.2) is 0 Å². The summed E-state index contributed by atoms with van der Waals surface area (Å²) in [6.07, 6.45) is 5.84. The van der Waals surface area contributed by atoms with E-state index in [1.165, 1.54) is 19.3 Å². The number of rotatable bonds is 1. The smallest absolute Gasteiger partial charge is 0.227 e. The van der Waals surface area contributed by atoms with E-state index in [9.17, 15) is 4.79 Å². The molecule has 3 nitrogen and oxygen atoms in total. The predicted octanol–water partition coefficient (Wildman–Crippen LogP) is 1.78. The summed E-state index contributed by atoms with van der Waals surface area (Å²) in [6.45, 7) is 6.36. The van der Waals surface area contributed by atoms with Crippen LogP contribution in [0.5, 0.6) is 0 Å². The SMILES string of the molecule is CC1CCCC(C)N1C(=O)C1CCCNC1. The van der Waals surface area contributed by atoms with Crippen LogP contribution in [0.3, 0.4) is 0 Å². The first kappa shape index (κ1) is 11.9. The molecule has 16 heavy (non-hydrogen) atoms. The van der Waals surface area contributed by atoms with E-state index in [0.29, 0.717) is 18.0 Å². The predicted molar refractivity (Wildman–Crippen MR) is 65.2 cm³/mol. The highest BCUT2D eigenvalue weighted by Crippen LogP contribution is 2.26. The number of likely N-dealkylation sites (tertiary alicyclic amines) is 1. The standard InChI is InChI=1S/C13H24N2O/c1-10-5-3-6-11(2)15(10)13(16)12-7-4-8-14-9-12/h10-12,14H,3-9H2,1-2H3. The van der Waals surface area contributed by atoms with Gasteiger partial charge < -0.3 is 10.2 Å². The van der Waals surface area contributed by atoms with E-state index >= 15 is 0 Å². The normalized spacial score (nSPS) is 36.1. The summed E-state index contributed by atoms with van der Waals surface area (Å²) in [4.78, 5) is 14.6. The van der Waals surface area contributed by atoms with E-state index in [0.717, 1.165) is 25.9 Å². The first-order valence-electron chi connectivity index (χ1n) is 6.73. The van der Waals surface area contributed by atoms with Crippen molar-refractivity contribution in [3.63, 3.8) is 0 Å². The summed E-state index contributed by atoms with van der Waals surface area (Å²) in [6, 6.07) is 0.886. The highest BCUT2D eigenvalue weighted by atomic mass is 16.2. The van der Waals surface area contributed by atoms with Gasteiger partial charge in [-0.15, -0.1) is 0 Å². The number of piperidine rings is 2. The fourth-order valence-corrected chi connectivity index (χ4v) is 3.13. The number of amides is 1. The summed E-state index contributed by atoms with van der Waals surface area (Å²) >= 11 is 0. The van der Waals surface area contributed by atoms with E-state index in [4.69, 9.17) is 0 Å². The lowest BCUT2D eigenvalue weighted by atomic mass is 9.92. The largest absolute Gasteiger partial charge is 0.337 e. The van der Waals surface area contributed by atoms with Gasteiger partial charge >= 0.3 is 0 Å². The number of hydrogen-bond acceptors (Lipinski definition) is 2. The Morgan fingerprint density at radius 1 is 1.12 bits per heavy atom. The van der Waals surface area contributed by atoms with Crippen LogP contribution in [0.4, 0.5) is 0 Å². The molecule has 2 saturated heterocycles. The Hall–Kier alpha value is -0.570. The maximum Gasteiger partial charge on any atom is 0.227 e. The fourth-order valence-electron chi connectivity index (χ4n) is 3.13. The molecule has 3 unspecified atom stereocenters. The van der Waals surface area contributed by atoms with Crippen LogP contribution in [0.15, 0.2) is 0 Å². The van der Waals surface area contributed by atoms with Crippen molar-refractivity contribution in [2.24, 2.45) is 5.92 Å². The van der Waals surface area contributed by atoms with Crippen molar-refractivity contribution in [3.8, 4) is 0 Å². The third kappa shape index (κ3) is 2.40. The van der Waals surface area contributed by atoms with E-state index in [1.54, 1.807) is 0 Å². The molecule has 2 fully saturated rings. The van der Waals surface area contributed by atoms with E-state index < -0.39 is 0 Å². The van der Waals surface area contributed by atoms with Crippen LogP contribution in [-0.2, 0) is 4.79 Å². The molecule has 0 radical (unpaired) electrons. The molecule has 0 spiro atoms. The molecule has 2 heterocycles. The number of nitrogens with zero attached hydrogens (tertiary/aromatic N) is 1. The second-order valence-electron chi connectivity index (χ2n) is 5.42. The monoisotopic (exact) mass is 224 g/mol. The molecule has 1 amide bonds. The van der Waals surface area contributed by atoms with Crippen LogP contribution in [0.1, 0.15) is 46.0 Å². The van der Waals surface area contributed by atoms with Crippen molar-refractivity contribution in [1.82, 2.24) is 10.2 Å². The van der Waals surface area contributed by atoms with Gasteiger partial charge in [-0.3, -0.25) is 4.79 Å². The molecule has 1 N–H and O–H groups in total. The number of hydrogen-bond donors (Lipinski definition) is 1. The summed E-state index contributed by atoms with van der Waals surface area (Å²) in [5, 5.41) is 3.34. The molecule has 3 atom stereocenters. The first-order valence-corrected chi connectivity index (χ1v) is 6.73. The van der Waals surface area contributed by atoms with Gasteiger partial charge in [0, 0.05) is 18.6 Å². The van der Waals surface area contributed by atoms with E-state index in [1.807, 2.05) is 0 Å². The molecule has 0 aliphatic carbocycles. The second kappa shape index (κ2) is 5.17. The average Bonchev–Trinajstić information content (AvgIpc) is 2.30. The zero-order valence-corrected chi connectivity index (χ0v) is 10.5. The molecule has 0 aromatic heterocycles. The Bertz CT molecular complexity index is 238. The lowest BCUT2D eigenvalue weighted by Crippen LogP contribution is -2.52. The third-order valence-electron chi connectivity index (χ3n) is 4.09. The maximum atomic E-state index is 12.5. The van der Waals surface area contributed by atoms with Crippen molar-refractivity contribution < 1.29 is 4.79 Å². The Morgan fingerprint density at radius 2 is 1.81 bits per heavy atom. The average molecular weight is 224 g/mol. The molecule has 0 aromatic rings. The zero-order chi connectivity index (χ0) is 11.5. The molecule has 2 rings (SSSR count). The van der Waals surface area contributed by atoms with Gasteiger partial charge in [-0.2, -0.15) is 0 Å². The van der Waals surface area contributed by atoms with Gasteiger partial charge in [-0.25, -0.2) is 0 Å². The minimum absolute atomic E-state index is 0.233. The van der Waals surface area contributed by atoms with Gasteiger partial charge in [-0.05, 0) is 52.5 Å². The lowest BCUT2D eigenvalue weighted by molar-refractivity contribution is -0.142. The number of carbonyl (C=O) groups excluding carboxylic acids is 1. The quantitative estimate of drug-likeness (QED) is 0.736. The second-order valence-corrected chi connectivity index (χ2v) is 5.42. The molecule has 2 aliphatic rings. The van der Waals surface area contributed by atoms with Gasteiger partial charge in [0.25, 0.3) is 0 Å². The summed E-state index contributed by atoms with van der Waals surface area (Å²) in [5.41, 5.74) is 0. The van der Waals surface area contributed by atoms with Crippen LogP contribution in [0, 0.1) is 5.92 Å². The lowest BCUT2D eigenvalue weighted by Gasteiger charge is -2.41. The minimum atomic E-state index is 0.233. The Balaban J connectivity index is 2.00. The molecular weight excluding hydrogens is 200 g/mol. The van der Waals surface area contributed by atoms with Gasteiger partial charge in [-0.1, -0.05) is 0 Å². The third-order valence-corrected chi connectivity index (χ3v) is 4.09. The van der Waals surface area contributed by atoms with Crippen LogP contribution < -0.4 is 5.32 Å². The zero-order valence-electron chi connectivity index (χ0n) is 10.5. The van der Waals surface area contributed by atoms with Gasteiger partial charge in [0.1, 0.15) is 0 Å². The molecule has 2 aliphatic heterocycles. The molecular formula is C13H24N2O. The van der Waals surface area contributed by atoms with Gasteiger partial charge in [0.2, 0.25) is 5.91 Å². The Morgan fingerprint density at radius 3 is 2.38 bits per heavy atom. The van der Waals surface area contributed by atoms with Crippen LogP contribution in [0.25, 0.3) is 0 Å². The topological polar surface area (TPSA) is 32.3 Å². The Labute approximate surface area is 98.6 Å². The first-order chi connectivity index (χ1) is 7.70. The molecule has 3 heteroatoms. The van der Waals surface area contributed by atoms with Gasteiger partial charge in [0.05, 0.1) is 5.92 Å². The highest BCUT2D eigenvalue weighted by Gasteiger charge is 2.33. The number of nitrogens with one attached hydrogen (secondary N) is 1. The Kier molecular flexibility index (Phi) is 3.85. The maximum absolute atomic E-state index is 12.5. The van der Waals surface area contributed by atoms with E-state index in [-0.39, 0.29) is 5.92 Å². The van der Waals surface area contributed by atoms with Crippen molar-refractivity contribution >= 4 is 5.91 Å². The van der Waals surface area contributed by atoms with Crippen molar-refractivity contribution in [2.45, 2.75) is 58.0 Å². The van der Waals surface area contributed by atoms with Crippen molar-refractivity contribution in [1.29, 1.82) is 0 Å². The highest BCUT2D eigenvalue weighted by molar-refractivity contribution is 5.80. The fraction of sp³-hybridized carbons (Fsp3) is 0.923. The molecule has 0 aromatic carbocycles. The minimum Gasteiger partial charge on any atom is -0.337 e. The molecule has 0 bridgehead atoms. The van der Waals surface area contributed by atoms with Crippen LogP contribution >= 0.6 is 0 Å². The van der Waals surface area contributed by atoms with Crippen molar-refractivity contribution in [2.75, 3.05) is 13.1 Å². The summed E-state index contributed by atoms with van der Waals surface area (Å²) in [5.74, 6) is 0.628. The summed E-state index contributed by atoms with van der Waals surface area (Å²) in [7, 11) is 0. The van der Waals surface area contributed by atoms with Crippen molar-refractivity contribution in [3.05, 3.63) is 0 Å². The van der Waals surface area contributed by atoms with Crippen LogP contribution in [0.2, 0.25) is 0 Å². The molecule has 92 valence electrons.